The van der Waals surface area contributed by atoms with Crippen LogP contribution < -0.4 is 11.3 Å². The summed E-state index contributed by atoms with van der Waals surface area (Å²) in [6.07, 6.45) is 4.01. The third kappa shape index (κ3) is 2.30. The average Bonchev–Trinajstić information content (AvgIpc) is 1.91. The molecule has 1 aliphatic heterocycles. The molecule has 1 heterocycles. The Kier molecular flexibility index (Phi) is 2.97. The highest BCUT2D eigenvalue weighted by atomic mass is 16.5. The van der Waals surface area contributed by atoms with E-state index in [4.69, 9.17) is 10.6 Å². The molecule has 1 fully saturated rings. The van der Waals surface area contributed by atoms with E-state index in [1.807, 2.05) is 0 Å². The van der Waals surface area contributed by atoms with Crippen LogP contribution in [0.2, 0.25) is 0 Å². The maximum atomic E-state index is 5.38. The SMILES string of the molecule is NNC[C@H]1CCCCO1. The second-order valence-electron chi connectivity index (χ2n) is 2.40. The molecule has 1 saturated heterocycles. The lowest BCUT2D eigenvalue weighted by Crippen LogP contribution is -2.35. The van der Waals surface area contributed by atoms with Crippen molar-refractivity contribution in [1.82, 2.24) is 5.43 Å². The summed E-state index contributed by atoms with van der Waals surface area (Å²) in [5, 5.41) is 0. The van der Waals surface area contributed by atoms with Crippen molar-refractivity contribution >= 4 is 0 Å². The normalized spacial score (nSPS) is 28.3. The largest absolute Gasteiger partial charge is 0.377 e. The number of ether oxygens (including phenoxy) is 1. The molecule has 0 unspecified atom stereocenters. The van der Waals surface area contributed by atoms with Crippen molar-refractivity contribution < 1.29 is 4.74 Å². The molecular weight excluding hydrogens is 116 g/mol. The van der Waals surface area contributed by atoms with Crippen LogP contribution in [-0.2, 0) is 4.74 Å². The highest BCUT2D eigenvalue weighted by Crippen LogP contribution is 2.10. The Morgan fingerprint density at radius 2 is 2.44 bits per heavy atom. The summed E-state index contributed by atoms with van der Waals surface area (Å²) in [5.74, 6) is 5.13. The van der Waals surface area contributed by atoms with Crippen molar-refractivity contribution in [3.63, 3.8) is 0 Å². The molecule has 0 spiro atoms. The molecule has 3 nitrogen and oxygen atoms in total. The Morgan fingerprint density at radius 3 is 3.00 bits per heavy atom. The zero-order chi connectivity index (χ0) is 6.53. The summed E-state index contributed by atoms with van der Waals surface area (Å²) in [4.78, 5) is 0. The summed E-state index contributed by atoms with van der Waals surface area (Å²) in [7, 11) is 0. The second-order valence-corrected chi connectivity index (χ2v) is 2.40. The second kappa shape index (κ2) is 3.82. The fourth-order valence-corrected chi connectivity index (χ4v) is 1.10. The molecule has 1 rings (SSSR count). The fourth-order valence-electron chi connectivity index (χ4n) is 1.10. The molecular formula is C6H14N2O. The van der Waals surface area contributed by atoms with Crippen LogP contribution >= 0.6 is 0 Å². The van der Waals surface area contributed by atoms with E-state index in [0.29, 0.717) is 6.10 Å². The van der Waals surface area contributed by atoms with Gasteiger partial charge in [0.05, 0.1) is 6.10 Å². The first kappa shape index (κ1) is 6.99. The van der Waals surface area contributed by atoms with Crippen LogP contribution in [0.5, 0.6) is 0 Å². The summed E-state index contributed by atoms with van der Waals surface area (Å²) in [6.45, 7) is 1.70. The van der Waals surface area contributed by atoms with Gasteiger partial charge in [-0.2, -0.15) is 0 Å². The molecule has 1 atom stereocenters. The molecule has 0 saturated carbocycles. The third-order valence-electron chi connectivity index (χ3n) is 1.62. The number of hydrogen-bond donors (Lipinski definition) is 2. The average molecular weight is 130 g/mol. The topological polar surface area (TPSA) is 47.3 Å². The minimum atomic E-state index is 0.365. The molecule has 0 aromatic carbocycles. The van der Waals surface area contributed by atoms with Crippen LogP contribution in [0.25, 0.3) is 0 Å². The summed E-state index contributed by atoms with van der Waals surface area (Å²) in [6, 6.07) is 0. The highest BCUT2D eigenvalue weighted by molar-refractivity contribution is 4.63. The van der Waals surface area contributed by atoms with E-state index in [1.165, 1.54) is 12.8 Å². The van der Waals surface area contributed by atoms with E-state index in [2.05, 4.69) is 5.43 Å². The van der Waals surface area contributed by atoms with Crippen LogP contribution in [0.1, 0.15) is 19.3 Å². The molecule has 0 aromatic rings. The van der Waals surface area contributed by atoms with Gasteiger partial charge in [0.2, 0.25) is 0 Å². The lowest BCUT2D eigenvalue weighted by molar-refractivity contribution is 0.0171. The van der Waals surface area contributed by atoms with Gasteiger partial charge < -0.3 is 4.74 Å². The van der Waals surface area contributed by atoms with Gasteiger partial charge in [-0.15, -0.1) is 0 Å². The molecule has 0 aromatic heterocycles. The Morgan fingerprint density at radius 1 is 1.56 bits per heavy atom. The van der Waals surface area contributed by atoms with E-state index in [9.17, 15) is 0 Å². The first-order valence-corrected chi connectivity index (χ1v) is 3.48. The van der Waals surface area contributed by atoms with Crippen molar-refractivity contribution in [2.75, 3.05) is 13.2 Å². The first-order chi connectivity index (χ1) is 4.43. The summed E-state index contributed by atoms with van der Waals surface area (Å²) < 4.78 is 5.38. The molecule has 54 valence electrons. The molecule has 0 aliphatic carbocycles. The van der Waals surface area contributed by atoms with Gasteiger partial charge in [0.1, 0.15) is 0 Å². The van der Waals surface area contributed by atoms with Gasteiger partial charge in [-0.05, 0) is 19.3 Å². The van der Waals surface area contributed by atoms with Crippen molar-refractivity contribution in [2.24, 2.45) is 5.84 Å². The van der Waals surface area contributed by atoms with Crippen LogP contribution in [0.3, 0.4) is 0 Å². The van der Waals surface area contributed by atoms with Gasteiger partial charge in [-0.25, -0.2) is 0 Å². The smallest absolute Gasteiger partial charge is 0.0713 e. The van der Waals surface area contributed by atoms with E-state index in [0.717, 1.165) is 19.6 Å². The summed E-state index contributed by atoms with van der Waals surface area (Å²) in [5.41, 5.74) is 2.61. The quantitative estimate of drug-likeness (QED) is 0.409. The maximum Gasteiger partial charge on any atom is 0.0713 e. The van der Waals surface area contributed by atoms with Gasteiger partial charge in [0.25, 0.3) is 0 Å². The van der Waals surface area contributed by atoms with Crippen molar-refractivity contribution in [2.45, 2.75) is 25.4 Å². The number of hydrazine groups is 1. The number of nitrogens with one attached hydrogen (secondary N) is 1. The van der Waals surface area contributed by atoms with E-state index < -0.39 is 0 Å². The van der Waals surface area contributed by atoms with Crippen LogP contribution in [0.15, 0.2) is 0 Å². The zero-order valence-corrected chi connectivity index (χ0v) is 5.60. The Hall–Kier alpha value is -0.120. The van der Waals surface area contributed by atoms with Crippen LogP contribution in [0, 0.1) is 0 Å². The van der Waals surface area contributed by atoms with Gasteiger partial charge >= 0.3 is 0 Å². The molecule has 0 bridgehead atoms. The number of nitrogens with two attached hydrogens (primary N) is 1. The van der Waals surface area contributed by atoms with Gasteiger partial charge in [-0.3, -0.25) is 11.3 Å². The molecule has 1 aliphatic rings. The van der Waals surface area contributed by atoms with Gasteiger partial charge in [0.15, 0.2) is 0 Å². The van der Waals surface area contributed by atoms with Gasteiger partial charge in [0, 0.05) is 13.2 Å². The number of rotatable bonds is 2. The Labute approximate surface area is 55.5 Å². The fraction of sp³-hybridized carbons (Fsp3) is 1.00. The van der Waals surface area contributed by atoms with Crippen molar-refractivity contribution in [3.8, 4) is 0 Å². The standard InChI is InChI=1S/C6H14N2O/c7-8-5-6-3-1-2-4-9-6/h6,8H,1-5,7H2/t6-/m1/s1. The molecule has 0 amide bonds. The molecule has 9 heavy (non-hydrogen) atoms. The zero-order valence-electron chi connectivity index (χ0n) is 5.60. The van der Waals surface area contributed by atoms with E-state index in [1.54, 1.807) is 0 Å². The minimum absolute atomic E-state index is 0.365. The first-order valence-electron chi connectivity index (χ1n) is 3.48. The van der Waals surface area contributed by atoms with Gasteiger partial charge in [-0.1, -0.05) is 0 Å². The Bertz CT molecular complexity index is 68.7. The Balaban J connectivity index is 2.08. The van der Waals surface area contributed by atoms with Crippen LogP contribution in [-0.4, -0.2) is 19.3 Å². The highest BCUT2D eigenvalue weighted by Gasteiger charge is 2.11. The van der Waals surface area contributed by atoms with Crippen LogP contribution in [0.4, 0.5) is 0 Å². The van der Waals surface area contributed by atoms with E-state index >= 15 is 0 Å². The lowest BCUT2D eigenvalue weighted by atomic mass is 10.1. The predicted molar refractivity (Wildman–Crippen MR) is 35.8 cm³/mol. The molecule has 3 heteroatoms. The third-order valence-corrected chi connectivity index (χ3v) is 1.62. The van der Waals surface area contributed by atoms with Crippen molar-refractivity contribution in [1.29, 1.82) is 0 Å². The van der Waals surface area contributed by atoms with Crippen molar-refractivity contribution in [3.05, 3.63) is 0 Å². The minimum Gasteiger partial charge on any atom is -0.377 e. The number of hydrogen-bond acceptors (Lipinski definition) is 3. The molecule has 0 radical (unpaired) electrons. The summed E-state index contributed by atoms with van der Waals surface area (Å²) >= 11 is 0. The maximum absolute atomic E-state index is 5.38. The predicted octanol–water partition coefficient (Wildman–Crippen LogP) is 0.0188. The monoisotopic (exact) mass is 130 g/mol. The van der Waals surface area contributed by atoms with E-state index in [-0.39, 0.29) is 0 Å². The molecule has 3 N–H and O–H groups in total. The lowest BCUT2D eigenvalue weighted by Gasteiger charge is -2.21.